The lowest BCUT2D eigenvalue weighted by Crippen LogP contribution is -2.37. The number of thiophene rings is 1. The molecule has 0 aromatic carbocycles. The molecule has 0 bridgehead atoms. The predicted molar refractivity (Wildman–Crippen MR) is 91.7 cm³/mol. The first kappa shape index (κ1) is 16.5. The van der Waals surface area contributed by atoms with Crippen molar-refractivity contribution in [3.8, 4) is 0 Å². The van der Waals surface area contributed by atoms with E-state index in [2.05, 4.69) is 18.7 Å². The molecule has 2 N–H and O–H groups in total. The van der Waals surface area contributed by atoms with Crippen LogP contribution in [0, 0.1) is 5.41 Å². The van der Waals surface area contributed by atoms with Crippen molar-refractivity contribution < 1.29 is 9.53 Å². The number of nitrogens with zero attached hydrogens (tertiary/aromatic N) is 1. The van der Waals surface area contributed by atoms with E-state index in [9.17, 15) is 4.79 Å². The molecule has 0 radical (unpaired) electrons. The molecular formula is C15H24N2O2S2. The standard InChI is InChI=1S/C15H24N2O2S2/c1-5-19-14(18)12-10(16)11(20-4)13(21-12)17-8-6-15(2,3)7-9-17/h5-9,16H2,1-4H3. The second kappa shape index (κ2) is 6.48. The molecule has 1 aliphatic heterocycles. The number of hydrogen-bond acceptors (Lipinski definition) is 6. The van der Waals surface area contributed by atoms with Gasteiger partial charge in [0.15, 0.2) is 0 Å². The molecule has 0 amide bonds. The normalized spacial score (nSPS) is 17.8. The minimum Gasteiger partial charge on any atom is -0.462 e. The summed E-state index contributed by atoms with van der Waals surface area (Å²) in [4.78, 5) is 15.9. The maximum atomic E-state index is 12.0. The van der Waals surface area contributed by atoms with Crippen molar-refractivity contribution in [3.63, 3.8) is 0 Å². The number of piperidine rings is 1. The van der Waals surface area contributed by atoms with Crippen LogP contribution in [0.4, 0.5) is 10.7 Å². The largest absolute Gasteiger partial charge is 0.462 e. The Kier molecular flexibility index (Phi) is 5.09. The van der Waals surface area contributed by atoms with E-state index >= 15 is 0 Å². The van der Waals surface area contributed by atoms with E-state index in [1.165, 1.54) is 11.3 Å². The second-order valence-corrected chi connectivity index (χ2v) is 7.87. The van der Waals surface area contributed by atoms with Gasteiger partial charge in [0.25, 0.3) is 0 Å². The number of ether oxygens (including phenoxy) is 1. The van der Waals surface area contributed by atoms with Crippen LogP contribution in [0.5, 0.6) is 0 Å². The summed E-state index contributed by atoms with van der Waals surface area (Å²) in [6.45, 7) is 8.84. The summed E-state index contributed by atoms with van der Waals surface area (Å²) in [5.74, 6) is -0.307. The van der Waals surface area contributed by atoms with Gasteiger partial charge in [-0.25, -0.2) is 4.79 Å². The van der Waals surface area contributed by atoms with Gasteiger partial charge in [-0.05, 0) is 31.4 Å². The van der Waals surface area contributed by atoms with Crippen LogP contribution < -0.4 is 10.6 Å². The maximum absolute atomic E-state index is 12.0. The van der Waals surface area contributed by atoms with Crippen LogP contribution in [0.1, 0.15) is 43.3 Å². The van der Waals surface area contributed by atoms with Crippen LogP contribution in [-0.4, -0.2) is 31.9 Å². The molecule has 0 saturated carbocycles. The molecule has 2 rings (SSSR count). The van der Waals surface area contributed by atoms with Gasteiger partial charge in [0.2, 0.25) is 0 Å². The summed E-state index contributed by atoms with van der Waals surface area (Å²) >= 11 is 3.08. The zero-order valence-corrected chi connectivity index (χ0v) is 14.8. The lowest BCUT2D eigenvalue weighted by atomic mass is 9.83. The van der Waals surface area contributed by atoms with Gasteiger partial charge in [-0.3, -0.25) is 0 Å². The molecule has 1 saturated heterocycles. The third-order valence-corrected chi connectivity index (χ3v) is 6.15. The first-order valence-electron chi connectivity index (χ1n) is 7.28. The molecule has 0 spiro atoms. The fourth-order valence-corrected chi connectivity index (χ4v) is 4.61. The van der Waals surface area contributed by atoms with E-state index in [1.807, 2.05) is 13.2 Å². The number of thioether (sulfide) groups is 1. The van der Waals surface area contributed by atoms with Crippen molar-refractivity contribution in [2.24, 2.45) is 5.41 Å². The summed E-state index contributed by atoms with van der Waals surface area (Å²) in [5, 5.41) is 1.12. The highest BCUT2D eigenvalue weighted by Crippen LogP contribution is 2.46. The molecule has 118 valence electrons. The molecular weight excluding hydrogens is 304 g/mol. The fraction of sp³-hybridized carbons (Fsp3) is 0.667. The lowest BCUT2D eigenvalue weighted by Gasteiger charge is -2.37. The van der Waals surface area contributed by atoms with Gasteiger partial charge in [-0.1, -0.05) is 13.8 Å². The number of esters is 1. The topological polar surface area (TPSA) is 55.6 Å². The Morgan fingerprint density at radius 1 is 1.43 bits per heavy atom. The first-order valence-corrected chi connectivity index (χ1v) is 9.32. The van der Waals surface area contributed by atoms with Gasteiger partial charge in [-0.2, -0.15) is 0 Å². The fourth-order valence-electron chi connectivity index (χ4n) is 2.49. The van der Waals surface area contributed by atoms with E-state index in [0.29, 0.717) is 22.6 Å². The molecule has 0 unspecified atom stereocenters. The Morgan fingerprint density at radius 3 is 2.57 bits per heavy atom. The zero-order valence-electron chi connectivity index (χ0n) is 13.2. The number of nitrogen functional groups attached to an aromatic ring is 1. The molecule has 4 nitrogen and oxygen atoms in total. The van der Waals surface area contributed by atoms with Crippen LogP contribution in [0.2, 0.25) is 0 Å². The number of hydrogen-bond donors (Lipinski definition) is 1. The first-order chi connectivity index (χ1) is 9.89. The monoisotopic (exact) mass is 328 g/mol. The SMILES string of the molecule is CCOC(=O)c1sc(N2CCC(C)(C)CC2)c(SC)c1N. The maximum Gasteiger partial charge on any atom is 0.350 e. The third kappa shape index (κ3) is 3.48. The molecule has 1 fully saturated rings. The van der Waals surface area contributed by atoms with Gasteiger partial charge < -0.3 is 15.4 Å². The summed E-state index contributed by atoms with van der Waals surface area (Å²) in [6.07, 6.45) is 4.32. The van der Waals surface area contributed by atoms with Crippen LogP contribution >= 0.6 is 23.1 Å². The number of nitrogens with two attached hydrogens (primary N) is 1. The van der Waals surface area contributed by atoms with E-state index in [0.717, 1.165) is 35.8 Å². The van der Waals surface area contributed by atoms with Crippen LogP contribution in [0.15, 0.2) is 4.90 Å². The highest BCUT2D eigenvalue weighted by molar-refractivity contribution is 7.99. The van der Waals surface area contributed by atoms with Gasteiger partial charge in [0.1, 0.15) is 9.88 Å². The molecule has 6 heteroatoms. The summed E-state index contributed by atoms with van der Waals surface area (Å²) in [7, 11) is 0. The van der Waals surface area contributed by atoms with E-state index in [4.69, 9.17) is 10.5 Å². The van der Waals surface area contributed by atoms with E-state index < -0.39 is 0 Å². The van der Waals surface area contributed by atoms with Crippen molar-refractivity contribution in [3.05, 3.63) is 4.88 Å². The van der Waals surface area contributed by atoms with Crippen molar-refractivity contribution in [1.29, 1.82) is 0 Å². The smallest absolute Gasteiger partial charge is 0.350 e. The summed E-state index contributed by atoms with van der Waals surface area (Å²) < 4.78 is 5.11. The minimum atomic E-state index is -0.307. The Balaban J connectivity index is 2.27. The van der Waals surface area contributed by atoms with Gasteiger partial charge >= 0.3 is 5.97 Å². The Bertz CT molecular complexity index is 516. The van der Waals surface area contributed by atoms with Gasteiger partial charge in [0.05, 0.1) is 17.2 Å². The van der Waals surface area contributed by atoms with Gasteiger partial charge in [0, 0.05) is 13.1 Å². The van der Waals surface area contributed by atoms with Crippen LogP contribution in [-0.2, 0) is 4.74 Å². The average molecular weight is 329 g/mol. The molecule has 0 aliphatic carbocycles. The molecule has 1 aromatic rings. The zero-order chi connectivity index (χ0) is 15.6. The summed E-state index contributed by atoms with van der Waals surface area (Å²) in [6, 6.07) is 0. The number of carbonyl (C=O) groups excluding carboxylic acids is 1. The molecule has 1 aromatic heterocycles. The predicted octanol–water partition coefficient (Wildman–Crippen LogP) is 3.86. The van der Waals surface area contributed by atoms with Crippen molar-refractivity contribution in [1.82, 2.24) is 0 Å². The quantitative estimate of drug-likeness (QED) is 0.672. The highest BCUT2D eigenvalue weighted by atomic mass is 32.2. The summed E-state index contributed by atoms with van der Waals surface area (Å²) in [5.41, 5.74) is 7.15. The van der Waals surface area contributed by atoms with E-state index in [-0.39, 0.29) is 5.97 Å². The van der Waals surface area contributed by atoms with Crippen LogP contribution in [0.25, 0.3) is 0 Å². The Morgan fingerprint density at radius 2 is 2.05 bits per heavy atom. The second-order valence-electron chi connectivity index (χ2n) is 6.05. The Hall–Kier alpha value is -0.880. The molecule has 21 heavy (non-hydrogen) atoms. The third-order valence-electron chi connectivity index (χ3n) is 3.95. The number of carbonyl (C=O) groups is 1. The van der Waals surface area contributed by atoms with E-state index in [1.54, 1.807) is 11.8 Å². The number of anilines is 2. The Labute approximate surface area is 135 Å². The molecule has 2 heterocycles. The van der Waals surface area contributed by atoms with Crippen molar-refractivity contribution in [2.45, 2.75) is 38.5 Å². The van der Waals surface area contributed by atoms with Gasteiger partial charge in [-0.15, -0.1) is 23.1 Å². The van der Waals surface area contributed by atoms with Crippen molar-refractivity contribution >= 4 is 39.8 Å². The number of rotatable bonds is 4. The highest BCUT2D eigenvalue weighted by Gasteiger charge is 2.30. The van der Waals surface area contributed by atoms with Crippen LogP contribution in [0.3, 0.4) is 0 Å². The molecule has 1 aliphatic rings. The van der Waals surface area contributed by atoms with Crippen molar-refractivity contribution in [2.75, 3.05) is 36.6 Å². The average Bonchev–Trinajstić information content (AvgIpc) is 2.76. The molecule has 0 atom stereocenters. The minimum absolute atomic E-state index is 0.307. The lowest BCUT2D eigenvalue weighted by molar-refractivity contribution is 0.0533.